The summed E-state index contributed by atoms with van der Waals surface area (Å²) in [7, 11) is 0. The second kappa shape index (κ2) is 9.28. The van der Waals surface area contributed by atoms with Crippen LogP contribution in [0.3, 0.4) is 0 Å². The molecular formula is C22H22ClF3N4O. The highest BCUT2D eigenvalue weighted by atomic mass is 35.5. The monoisotopic (exact) mass is 450 g/mol. The minimum Gasteiger partial charge on any atom is -0.492 e. The lowest BCUT2D eigenvalue weighted by Crippen LogP contribution is -2.33. The first kappa shape index (κ1) is 21.6. The molecule has 0 bridgehead atoms. The van der Waals surface area contributed by atoms with E-state index in [4.69, 9.17) is 16.3 Å². The van der Waals surface area contributed by atoms with Crippen molar-refractivity contribution in [2.24, 2.45) is 0 Å². The van der Waals surface area contributed by atoms with Gasteiger partial charge in [0.2, 0.25) is 0 Å². The van der Waals surface area contributed by atoms with E-state index in [1.54, 1.807) is 18.2 Å². The van der Waals surface area contributed by atoms with Crippen molar-refractivity contribution in [3.8, 4) is 5.75 Å². The van der Waals surface area contributed by atoms with Crippen LogP contribution in [0, 0.1) is 0 Å². The van der Waals surface area contributed by atoms with Gasteiger partial charge in [-0.1, -0.05) is 18.0 Å². The Labute approximate surface area is 183 Å². The number of nitrogens with one attached hydrogen (secondary N) is 1. The van der Waals surface area contributed by atoms with E-state index in [-0.39, 0.29) is 5.82 Å². The topological polar surface area (TPSA) is 50.3 Å². The van der Waals surface area contributed by atoms with Crippen LogP contribution in [0.2, 0.25) is 5.02 Å². The van der Waals surface area contributed by atoms with Gasteiger partial charge in [0.25, 0.3) is 0 Å². The first-order chi connectivity index (χ1) is 14.9. The quantitative estimate of drug-likeness (QED) is 0.506. The van der Waals surface area contributed by atoms with Gasteiger partial charge in [-0.25, -0.2) is 9.97 Å². The zero-order valence-electron chi connectivity index (χ0n) is 16.8. The van der Waals surface area contributed by atoms with Crippen molar-refractivity contribution in [3.63, 3.8) is 0 Å². The van der Waals surface area contributed by atoms with Gasteiger partial charge in [-0.15, -0.1) is 0 Å². The van der Waals surface area contributed by atoms with Crippen LogP contribution < -0.4 is 10.1 Å². The average molecular weight is 451 g/mol. The molecule has 4 rings (SSSR count). The molecule has 0 amide bonds. The Kier molecular flexibility index (Phi) is 6.48. The number of halogens is 4. The Morgan fingerprint density at radius 2 is 1.84 bits per heavy atom. The molecule has 1 fully saturated rings. The van der Waals surface area contributed by atoms with Gasteiger partial charge >= 0.3 is 6.18 Å². The van der Waals surface area contributed by atoms with Gasteiger partial charge in [0, 0.05) is 24.2 Å². The van der Waals surface area contributed by atoms with Crippen LogP contribution >= 0.6 is 11.6 Å². The molecule has 1 N–H and O–H groups in total. The summed E-state index contributed by atoms with van der Waals surface area (Å²) >= 11 is 6.40. The average Bonchev–Trinajstić information content (AvgIpc) is 2.75. The van der Waals surface area contributed by atoms with Crippen molar-refractivity contribution in [3.05, 3.63) is 53.2 Å². The summed E-state index contributed by atoms with van der Waals surface area (Å²) in [5, 5.41) is 3.99. The summed E-state index contributed by atoms with van der Waals surface area (Å²) in [5.41, 5.74) is -0.253. The third kappa shape index (κ3) is 5.57. The van der Waals surface area contributed by atoms with E-state index in [2.05, 4.69) is 20.2 Å². The van der Waals surface area contributed by atoms with Crippen LogP contribution in [0.15, 0.2) is 42.6 Å². The maximum atomic E-state index is 12.9. The Morgan fingerprint density at radius 3 is 2.61 bits per heavy atom. The first-order valence-electron chi connectivity index (χ1n) is 10.1. The molecule has 0 atom stereocenters. The minimum absolute atomic E-state index is 0.0514. The predicted octanol–water partition coefficient (Wildman–Crippen LogP) is 5.91. The van der Waals surface area contributed by atoms with Crippen LogP contribution in [0.25, 0.3) is 10.9 Å². The fourth-order valence-electron chi connectivity index (χ4n) is 3.60. The van der Waals surface area contributed by atoms with Crippen molar-refractivity contribution in [1.82, 2.24) is 14.9 Å². The molecule has 1 aliphatic rings. The van der Waals surface area contributed by atoms with E-state index in [1.165, 1.54) is 19.3 Å². The molecule has 31 heavy (non-hydrogen) atoms. The number of piperidine rings is 1. The third-order valence-corrected chi connectivity index (χ3v) is 5.48. The summed E-state index contributed by atoms with van der Waals surface area (Å²) in [6.45, 7) is 3.68. The molecule has 3 heterocycles. The smallest absolute Gasteiger partial charge is 0.416 e. The van der Waals surface area contributed by atoms with Crippen molar-refractivity contribution in [1.29, 1.82) is 0 Å². The van der Waals surface area contributed by atoms with Crippen LogP contribution in [-0.4, -0.2) is 41.1 Å². The number of benzene rings is 1. The molecule has 1 saturated heterocycles. The predicted molar refractivity (Wildman–Crippen MR) is 115 cm³/mol. The second-order valence-corrected chi connectivity index (χ2v) is 7.88. The van der Waals surface area contributed by atoms with Crippen molar-refractivity contribution in [2.75, 3.05) is 31.6 Å². The highest BCUT2D eigenvalue weighted by molar-refractivity contribution is 6.35. The summed E-state index contributed by atoms with van der Waals surface area (Å²) in [6.07, 6.45) is 0.432. The van der Waals surface area contributed by atoms with Gasteiger partial charge < -0.3 is 10.1 Å². The Morgan fingerprint density at radius 1 is 1.03 bits per heavy atom. The number of anilines is 2. The molecule has 0 saturated carbocycles. The Hall–Kier alpha value is -2.58. The van der Waals surface area contributed by atoms with Gasteiger partial charge in [0.05, 0.1) is 16.1 Å². The van der Waals surface area contributed by atoms with E-state index in [0.29, 0.717) is 28.7 Å². The molecule has 0 spiro atoms. The zero-order chi connectivity index (χ0) is 21.8. The number of nitrogens with zero attached hydrogens (tertiary/aromatic N) is 3. The van der Waals surface area contributed by atoms with Crippen molar-refractivity contribution < 1.29 is 17.9 Å². The SMILES string of the molecule is FC(F)(F)c1ccnc(Nc2ccc3cc(OCCN4CCCCC4)cc(Cl)c3n2)c1. The number of fused-ring (bicyclic) bond motifs is 1. The van der Waals surface area contributed by atoms with Crippen LogP contribution in [0.1, 0.15) is 24.8 Å². The number of alkyl halides is 3. The molecule has 1 aromatic carbocycles. The van der Waals surface area contributed by atoms with Crippen LogP contribution in [-0.2, 0) is 6.18 Å². The minimum atomic E-state index is -4.44. The molecule has 0 radical (unpaired) electrons. The van der Waals surface area contributed by atoms with E-state index >= 15 is 0 Å². The van der Waals surface area contributed by atoms with Crippen LogP contribution in [0.5, 0.6) is 5.75 Å². The molecule has 1 aliphatic heterocycles. The Balaban J connectivity index is 1.45. The van der Waals surface area contributed by atoms with Gasteiger partial charge in [-0.2, -0.15) is 13.2 Å². The fourth-order valence-corrected chi connectivity index (χ4v) is 3.86. The lowest BCUT2D eigenvalue weighted by Gasteiger charge is -2.26. The van der Waals surface area contributed by atoms with Gasteiger partial charge in [-0.05, 0) is 56.3 Å². The molecular weight excluding hydrogens is 429 g/mol. The standard InChI is InChI=1S/C22H22ClF3N4O/c23-18-14-17(31-11-10-30-8-2-1-3-9-30)12-15-4-5-19(29-21(15)18)28-20-13-16(6-7-27-20)22(24,25)26/h4-7,12-14H,1-3,8-11H2,(H,27,28,29). The van der Waals surface area contributed by atoms with E-state index < -0.39 is 11.7 Å². The molecule has 0 unspecified atom stereocenters. The zero-order valence-corrected chi connectivity index (χ0v) is 17.5. The fraction of sp³-hybridized carbons (Fsp3) is 0.364. The number of rotatable bonds is 6. The lowest BCUT2D eigenvalue weighted by molar-refractivity contribution is -0.137. The molecule has 164 valence electrons. The molecule has 9 heteroatoms. The van der Waals surface area contributed by atoms with Crippen molar-refractivity contribution in [2.45, 2.75) is 25.4 Å². The van der Waals surface area contributed by atoms with Crippen molar-refractivity contribution >= 4 is 34.1 Å². The van der Waals surface area contributed by atoms with E-state index in [1.807, 2.05) is 6.07 Å². The summed E-state index contributed by atoms with van der Waals surface area (Å²) < 4.78 is 44.6. The second-order valence-electron chi connectivity index (χ2n) is 7.48. The molecule has 0 aliphatic carbocycles. The molecule has 5 nitrogen and oxygen atoms in total. The Bertz CT molecular complexity index is 1050. The van der Waals surface area contributed by atoms with Gasteiger partial charge in [0.15, 0.2) is 0 Å². The van der Waals surface area contributed by atoms with Crippen LogP contribution in [0.4, 0.5) is 24.8 Å². The molecule has 2 aromatic heterocycles. The molecule has 3 aromatic rings. The number of aromatic nitrogens is 2. The summed E-state index contributed by atoms with van der Waals surface area (Å²) in [6, 6.07) is 8.88. The normalized spacial score (nSPS) is 15.2. The number of ether oxygens (including phenoxy) is 1. The maximum absolute atomic E-state index is 12.9. The van der Waals surface area contributed by atoms with Gasteiger partial charge in [0.1, 0.15) is 24.0 Å². The maximum Gasteiger partial charge on any atom is 0.416 e. The number of hydrogen-bond acceptors (Lipinski definition) is 5. The number of pyridine rings is 2. The highest BCUT2D eigenvalue weighted by Gasteiger charge is 2.30. The van der Waals surface area contributed by atoms with E-state index in [0.717, 1.165) is 43.4 Å². The van der Waals surface area contributed by atoms with E-state index in [9.17, 15) is 13.2 Å². The van der Waals surface area contributed by atoms with Gasteiger partial charge in [-0.3, -0.25) is 4.90 Å². The number of likely N-dealkylation sites (tertiary alicyclic amines) is 1. The number of hydrogen-bond donors (Lipinski definition) is 1. The lowest BCUT2D eigenvalue weighted by atomic mass is 10.1. The summed E-state index contributed by atoms with van der Waals surface area (Å²) in [4.78, 5) is 10.8. The summed E-state index contributed by atoms with van der Waals surface area (Å²) in [5.74, 6) is 1.06. The third-order valence-electron chi connectivity index (χ3n) is 5.19. The largest absolute Gasteiger partial charge is 0.492 e. The first-order valence-corrected chi connectivity index (χ1v) is 10.5. The highest BCUT2D eigenvalue weighted by Crippen LogP contribution is 2.32.